The molecule has 0 saturated carbocycles. The second-order valence-electron chi connectivity index (χ2n) is 6.83. The molecule has 0 unspecified atom stereocenters. The number of carbonyl (C=O) groups is 1. The van der Waals surface area contributed by atoms with Gasteiger partial charge in [0.2, 0.25) is 5.91 Å². The summed E-state index contributed by atoms with van der Waals surface area (Å²) in [4.78, 5) is 13.3. The molecule has 0 aliphatic heterocycles. The molecule has 0 saturated heterocycles. The summed E-state index contributed by atoms with van der Waals surface area (Å²) in [5.74, 6) is 1.29. The first-order valence-corrected chi connectivity index (χ1v) is 10.7. The highest BCUT2D eigenvalue weighted by Crippen LogP contribution is 2.36. The maximum atomic E-state index is 13.3. The van der Waals surface area contributed by atoms with Crippen LogP contribution in [-0.4, -0.2) is 27.8 Å². The number of amides is 1. The van der Waals surface area contributed by atoms with E-state index in [0.29, 0.717) is 16.6 Å². The van der Waals surface area contributed by atoms with Crippen molar-refractivity contribution in [2.45, 2.75) is 17.3 Å². The molecule has 4 rings (SSSR count). The monoisotopic (exact) mass is 430 g/mol. The molecule has 0 aliphatic carbocycles. The summed E-state index contributed by atoms with van der Waals surface area (Å²) in [7, 11) is 1.60. The van der Waals surface area contributed by atoms with Crippen molar-refractivity contribution in [2.24, 2.45) is 0 Å². The molecule has 0 spiro atoms. The molecule has 1 atom stereocenters. The molecule has 1 N–H and O–H groups in total. The Labute approximate surface area is 185 Å². The average Bonchev–Trinajstić information content (AvgIpc) is 3.18. The van der Waals surface area contributed by atoms with Gasteiger partial charge >= 0.3 is 0 Å². The number of anilines is 1. The first-order chi connectivity index (χ1) is 15.2. The number of nitrogens with one attached hydrogen (secondary N) is 1. The van der Waals surface area contributed by atoms with E-state index >= 15 is 0 Å². The van der Waals surface area contributed by atoms with Crippen LogP contribution in [0.4, 0.5) is 5.69 Å². The van der Waals surface area contributed by atoms with Crippen LogP contribution in [0.2, 0.25) is 0 Å². The number of para-hydroxylation sites is 1. The number of carbonyl (C=O) groups excluding carboxylic acids is 1. The van der Waals surface area contributed by atoms with Gasteiger partial charge < -0.3 is 10.1 Å². The van der Waals surface area contributed by atoms with E-state index in [2.05, 4.69) is 15.5 Å². The van der Waals surface area contributed by atoms with E-state index in [1.54, 1.807) is 13.2 Å². The fraction of sp³-hybridized carbons (Fsp3) is 0.125. The first-order valence-electron chi connectivity index (χ1n) is 9.79. The number of hydrogen-bond donors (Lipinski definition) is 1. The quantitative estimate of drug-likeness (QED) is 0.415. The average molecular weight is 431 g/mol. The maximum Gasteiger partial charge on any atom is 0.242 e. The highest BCUT2D eigenvalue weighted by Gasteiger charge is 2.26. The van der Waals surface area contributed by atoms with Crippen LogP contribution in [0.3, 0.4) is 0 Å². The number of hydrogen-bond acceptors (Lipinski definition) is 5. The zero-order valence-corrected chi connectivity index (χ0v) is 18.0. The number of methoxy groups -OCH3 is 1. The van der Waals surface area contributed by atoms with Gasteiger partial charge in [0.1, 0.15) is 16.8 Å². The number of thioether (sulfide) groups is 1. The van der Waals surface area contributed by atoms with Crippen molar-refractivity contribution in [2.75, 3.05) is 12.4 Å². The highest BCUT2D eigenvalue weighted by molar-refractivity contribution is 8.00. The van der Waals surface area contributed by atoms with Gasteiger partial charge in [0.15, 0.2) is 5.16 Å². The lowest BCUT2D eigenvalue weighted by Crippen LogP contribution is -2.19. The molecule has 156 valence electrons. The molecule has 0 bridgehead atoms. The van der Waals surface area contributed by atoms with E-state index in [-0.39, 0.29) is 5.91 Å². The van der Waals surface area contributed by atoms with Crippen molar-refractivity contribution in [3.05, 3.63) is 96.3 Å². The summed E-state index contributed by atoms with van der Waals surface area (Å²) in [6.07, 6.45) is 0. The molecule has 0 radical (unpaired) electrons. The van der Waals surface area contributed by atoms with Gasteiger partial charge in [-0.2, -0.15) is 0 Å². The number of benzene rings is 3. The van der Waals surface area contributed by atoms with Gasteiger partial charge in [-0.05, 0) is 36.8 Å². The smallest absolute Gasteiger partial charge is 0.242 e. The molecule has 0 fully saturated rings. The standard InChI is InChI=1S/C24H22N4O2S/c1-17-26-27-24(28(17)20-13-7-4-8-14-20)31-22(18-10-5-3-6-11-18)23(29)25-19-12-9-15-21(16-19)30-2/h3-16,22H,1-2H3,(H,25,29)/t22-/m0/s1. The number of nitrogens with zero attached hydrogens (tertiary/aromatic N) is 3. The third-order valence-corrected chi connectivity index (χ3v) is 5.91. The maximum absolute atomic E-state index is 13.3. The normalized spacial score (nSPS) is 11.7. The third-order valence-electron chi connectivity index (χ3n) is 4.71. The summed E-state index contributed by atoms with van der Waals surface area (Å²) in [6, 6.07) is 26.9. The topological polar surface area (TPSA) is 69.0 Å². The van der Waals surface area contributed by atoms with Gasteiger partial charge in [-0.15, -0.1) is 10.2 Å². The van der Waals surface area contributed by atoms with Gasteiger partial charge in [0.25, 0.3) is 0 Å². The van der Waals surface area contributed by atoms with Crippen LogP contribution in [0, 0.1) is 6.92 Å². The van der Waals surface area contributed by atoms with Crippen LogP contribution in [-0.2, 0) is 4.79 Å². The second-order valence-corrected chi connectivity index (χ2v) is 7.90. The molecular formula is C24H22N4O2S. The van der Waals surface area contributed by atoms with Crippen molar-refractivity contribution < 1.29 is 9.53 Å². The minimum atomic E-state index is -0.515. The van der Waals surface area contributed by atoms with E-state index in [1.807, 2.05) is 90.4 Å². The third kappa shape index (κ3) is 4.78. The van der Waals surface area contributed by atoms with E-state index < -0.39 is 5.25 Å². The Morgan fingerprint density at radius 3 is 2.39 bits per heavy atom. The van der Waals surface area contributed by atoms with E-state index in [0.717, 1.165) is 17.1 Å². The summed E-state index contributed by atoms with van der Waals surface area (Å²) in [5, 5.41) is 11.7. The van der Waals surface area contributed by atoms with Crippen LogP contribution in [0.1, 0.15) is 16.6 Å². The Balaban J connectivity index is 1.67. The van der Waals surface area contributed by atoms with Gasteiger partial charge in [-0.3, -0.25) is 9.36 Å². The molecule has 7 heteroatoms. The van der Waals surface area contributed by atoms with Crippen LogP contribution >= 0.6 is 11.8 Å². The lowest BCUT2D eigenvalue weighted by Gasteiger charge is -2.17. The summed E-state index contributed by atoms with van der Waals surface area (Å²) in [6.45, 7) is 1.90. The molecule has 1 heterocycles. The zero-order valence-electron chi connectivity index (χ0n) is 17.2. The van der Waals surface area contributed by atoms with Crippen molar-refractivity contribution in [3.8, 4) is 11.4 Å². The number of rotatable bonds is 7. The fourth-order valence-electron chi connectivity index (χ4n) is 3.21. The van der Waals surface area contributed by atoms with Crippen LogP contribution in [0.15, 0.2) is 90.1 Å². The Bertz CT molecular complexity index is 1160. The lowest BCUT2D eigenvalue weighted by atomic mass is 10.1. The Morgan fingerprint density at radius 1 is 0.968 bits per heavy atom. The largest absolute Gasteiger partial charge is 0.497 e. The van der Waals surface area contributed by atoms with Crippen molar-refractivity contribution >= 4 is 23.4 Å². The molecule has 4 aromatic rings. The fourth-order valence-corrected chi connectivity index (χ4v) is 4.31. The highest BCUT2D eigenvalue weighted by atomic mass is 32.2. The minimum Gasteiger partial charge on any atom is -0.497 e. The van der Waals surface area contributed by atoms with Crippen molar-refractivity contribution in [3.63, 3.8) is 0 Å². The lowest BCUT2D eigenvalue weighted by molar-refractivity contribution is -0.115. The van der Waals surface area contributed by atoms with Crippen LogP contribution in [0.25, 0.3) is 5.69 Å². The minimum absolute atomic E-state index is 0.148. The van der Waals surface area contributed by atoms with Gasteiger partial charge in [-0.25, -0.2) is 0 Å². The predicted octanol–water partition coefficient (Wildman–Crippen LogP) is 5.06. The molecule has 1 aromatic heterocycles. The molecule has 0 aliphatic rings. The predicted molar refractivity (Wildman–Crippen MR) is 123 cm³/mol. The van der Waals surface area contributed by atoms with Crippen molar-refractivity contribution in [1.82, 2.24) is 14.8 Å². The summed E-state index contributed by atoms with van der Waals surface area (Å²) in [5.41, 5.74) is 2.51. The van der Waals surface area contributed by atoms with Gasteiger partial charge in [0.05, 0.1) is 7.11 Å². The van der Waals surface area contributed by atoms with Gasteiger partial charge in [0, 0.05) is 17.4 Å². The molecule has 1 amide bonds. The zero-order chi connectivity index (χ0) is 21.6. The van der Waals surface area contributed by atoms with E-state index in [9.17, 15) is 4.79 Å². The Hall–Kier alpha value is -3.58. The van der Waals surface area contributed by atoms with E-state index in [1.165, 1.54) is 11.8 Å². The Morgan fingerprint density at radius 2 is 1.68 bits per heavy atom. The number of aromatic nitrogens is 3. The SMILES string of the molecule is COc1cccc(NC(=O)[C@@H](Sc2nnc(C)n2-c2ccccc2)c2ccccc2)c1. The van der Waals surface area contributed by atoms with E-state index in [4.69, 9.17) is 4.74 Å². The van der Waals surface area contributed by atoms with Gasteiger partial charge in [-0.1, -0.05) is 66.4 Å². The molecular weight excluding hydrogens is 408 g/mol. The van der Waals surface area contributed by atoms with Crippen LogP contribution in [0.5, 0.6) is 5.75 Å². The number of aryl methyl sites for hydroxylation is 1. The van der Waals surface area contributed by atoms with Crippen LogP contribution < -0.4 is 10.1 Å². The summed E-state index contributed by atoms with van der Waals surface area (Å²) < 4.78 is 7.22. The second kappa shape index (κ2) is 9.49. The molecule has 3 aromatic carbocycles. The number of ether oxygens (including phenoxy) is 1. The molecule has 31 heavy (non-hydrogen) atoms. The Kier molecular flexibility index (Phi) is 6.33. The summed E-state index contributed by atoms with van der Waals surface area (Å²) >= 11 is 1.37. The first kappa shape index (κ1) is 20.7. The van der Waals surface area contributed by atoms with Crippen molar-refractivity contribution in [1.29, 1.82) is 0 Å². The molecule has 6 nitrogen and oxygen atoms in total.